The van der Waals surface area contributed by atoms with Crippen molar-refractivity contribution in [1.29, 1.82) is 0 Å². The molecular weight excluding hydrogens is 418 g/mol. The second kappa shape index (κ2) is 10.0. The average molecular weight is 447 g/mol. The Balaban J connectivity index is 1.58. The van der Waals surface area contributed by atoms with Crippen LogP contribution in [0.3, 0.4) is 0 Å². The molecule has 2 heterocycles. The minimum Gasteiger partial charge on any atom is -0.481 e. The van der Waals surface area contributed by atoms with Gasteiger partial charge in [-0.15, -0.1) is 0 Å². The average Bonchev–Trinajstić information content (AvgIpc) is 3.27. The fraction of sp³-hybridized carbons (Fsp3) is 0.714. The van der Waals surface area contributed by atoms with E-state index in [2.05, 4.69) is 10.3 Å². The molecule has 1 saturated heterocycles. The predicted octanol–water partition coefficient (Wildman–Crippen LogP) is 3.69. The summed E-state index contributed by atoms with van der Waals surface area (Å²) in [6.45, 7) is 1.03. The van der Waals surface area contributed by atoms with E-state index in [0.717, 1.165) is 19.4 Å². The highest BCUT2D eigenvalue weighted by molar-refractivity contribution is 5.82. The lowest BCUT2D eigenvalue weighted by molar-refractivity contribution is -0.184. The number of hydrogen-bond donors (Lipinski definition) is 1. The smallest absolute Gasteiger partial charge is 0.391 e. The van der Waals surface area contributed by atoms with Crippen LogP contribution in [0.5, 0.6) is 11.8 Å². The summed E-state index contributed by atoms with van der Waals surface area (Å²) in [5.74, 6) is -2.21. The van der Waals surface area contributed by atoms with E-state index in [1.165, 1.54) is 18.1 Å². The quantitative estimate of drug-likeness (QED) is 0.646. The molecule has 174 valence electrons. The zero-order valence-corrected chi connectivity index (χ0v) is 17.8. The third-order valence-electron chi connectivity index (χ3n) is 6.08. The SMILES string of the molecule is COc1nc(OCC2CCC(C(F)(F)F)CC2)c(F)cc1CN(C)C(=O)[C@@H]1CCCN1. The number of carbonyl (C=O) groups is 1. The first kappa shape index (κ1) is 23.6. The van der Waals surface area contributed by atoms with Crippen molar-refractivity contribution >= 4 is 5.91 Å². The molecule has 1 saturated carbocycles. The summed E-state index contributed by atoms with van der Waals surface area (Å²) in [5.41, 5.74) is 0.409. The van der Waals surface area contributed by atoms with E-state index < -0.39 is 17.9 Å². The molecule has 1 aromatic rings. The summed E-state index contributed by atoms with van der Waals surface area (Å²) < 4.78 is 63.7. The second-order valence-corrected chi connectivity index (χ2v) is 8.36. The van der Waals surface area contributed by atoms with E-state index >= 15 is 0 Å². The van der Waals surface area contributed by atoms with Crippen molar-refractivity contribution in [2.75, 3.05) is 27.3 Å². The lowest BCUT2D eigenvalue weighted by atomic mass is 9.82. The first-order chi connectivity index (χ1) is 14.7. The molecule has 1 aromatic heterocycles. The summed E-state index contributed by atoms with van der Waals surface area (Å²) in [7, 11) is 3.04. The molecular formula is C21H29F4N3O3. The molecule has 0 aromatic carbocycles. The van der Waals surface area contributed by atoms with Gasteiger partial charge < -0.3 is 19.7 Å². The van der Waals surface area contributed by atoms with Gasteiger partial charge in [-0.3, -0.25) is 4.79 Å². The van der Waals surface area contributed by atoms with Crippen LogP contribution in [-0.2, 0) is 11.3 Å². The normalized spacial score (nSPS) is 24.1. The van der Waals surface area contributed by atoms with Crippen LogP contribution in [-0.4, -0.2) is 55.3 Å². The molecule has 3 rings (SSSR count). The maximum Gasteiger partial charge on any atom is 0.391 e. The standard InChI is InChI=1S/C21H29F4N3O3/c1-28(20(29)17-4-3-9-26-17)11-14-10-16(22)19(27-18(14)30-2)31-12-13-5-7-15(8-6-13)21(23,24)25/h10,13,15,17,26H,3-9,11-12H2,1-2H3/t13?,15?,17-/m0/s1. The first-order valence-electron chi connectivity index (χ1n) is 10.6. The highest BCUT2D eigenvalue weighted by atomic mass is 19.4. The number of amides is 1. The molecule has 2 aliphatic rings. The van der Waals surface area contributed by atoms with Gasteiger partial charge in [0.1, 0.15) is 0 Å². The Morgan fingerprint density at radius 1 is 1.23 bits per heavy atom. The Labute approximate surface area is 179 Å². The number of ether oxygens (including phenoxy) is 2. The van der Waals surface area contributed by atoms with Crippen molar-refractivity contribution in [3.05, 3.63) is 17.4 Å². The maximum absolute atomic E-state index is 14.6. The molecule has 0 radical (unpaired) electrons. The molecule has 10 heteroatoms. The molecule has 6 nitrogen and oxygen atoms in total. The second-order valence-electron chi connectivity index (χ2n) is 8.36. The zero-order valence-electron chi connectivity index (χ0n) is 17.8. The number of carbonyl (C=O) groups excluding carboxylic acids is 1. The van der Waals surface area contributed by atoms with Gasteiger partial charge in [0.05, 0.1) is 32.2 Å². The molecule has 31 heavy (non-hydrogen) atoms. The summed E-state index contributed by atoms with van der Waals surface area (Å²) in [6, 6.07) is 0.997. The predicted molar refractivity (Wildman–Crippen MR) is 105 cm³/mol. The number of aromatic nitrogens is 1. The Morgan fingerprint density at radius 2 is 1.94 bits per heavy atom. The molecule has 0 unspecified atom stereocenters. The van der Waals surface area contributed by atoms with Crippen LogP contribution in [0.1, 0.15) is 44.1 Å². The molecule has 1 N–H and O–H groups in total. The number of methoxy groups -OCH3 is 1. The number of alkyl halides is 3. The molecule has 1 aliphatic carbocycles. The Kier molecular flexibility index (Phi) is 7.61. The van der Waals surface area contributed by atoms with Gasteiger partial charge in [0, 0.05) is 12.6 Å². The van der Waals surface area contributed by atoms with Crippen LogP contribution < -0.4 is 14.8 Å². The topological polar surface area (TPSA) is 63.7 Å². The molecule has 0 bridgehead atoms. The fourth-order valence-electron chi connectivity index (χ4n) is 4.23. The Bertz CT molecular complexity index is 761. The summed E-state index contributed by atoms with van der Waals surface area (Å²) in [5, 5.41) is 3.14. The summed E-state index contributed by atoms with van der Waals surface area (Å²) >= 11 is 0. The van der Waals surface area contributed by atoms with Gasteiger partial charge in [0.2, 0.25) is 11.8 Å². The number of nitrogens with zero attached hydrogens (tertiary/aromatic N) is 2. The van der Waals surface area contributed by atoms with Crippen molar-refractivity contribution < 1.29 is 31.8 Å². The van der Waals surface area contributed by atoms with Crippen LogP contribution in [0.25, 0.3) is 0 Å². The fourth-order valence-corrected chi connectivity index (χ4v) is 4.23. The monoisotopic (exact) mass is 447 g/mol. The van der Waals surface area contributed by atoms with Gasteiger partial charge in [-0.2, -0.15) is 18.2 Å². The summed E-state index contributed by atoms with van der Waals surface area (Å²) in [4.78, 5) is 18.1. The Morgan fingerprint density at radius 3 is 2.52 bits per heavy atom. The number of hydrogen-bond acceptors (Lipinski definition) is 5. The van der Waals surface area contributed by atoms with Crippen molar-refractivity contribution in [2.45, 2.75) is 57.3 Å². The number of rotatable bonds is 7. The van der Waals surface area contributed by atoms with E-state index in [4.69, 9.17) is 9.47 Å². The molecule has 2 fully saturated rings. The van der Waals surface area contributed by atoms with E-state index in [1.54, 1.807) is 7.05 Å². The van der Waals surface area contributed by atoms with Crippen LogP contribution in [0.4, 0.5) is 17.6 Å². The van der Waals surface area contributed by atoms with Gasteiger partial charge in [-0.05, 0) is 57.1 Å². The maximum atomic E-state index is 14.6. The molecule has 1 amide bonds. The minimum absolute atomic E-state index is 0.0614. The largest absolute Gasteiger partial charge is 0.481 e. The highest BCUT2D eigenvalue weighted by Gasteiger charge is 2.41. The summed E-state index contributed by atoms with van der Waals surface area (Å²) in [6.07, 6.45) is -1.58. The van der Waals surface area contributed by atoms with Gasteiger partial charge in [0.25, 0.3) is 5.88 Å². The highest BCUT2D eigenvalue weighted by Crippen LogP contribution is 2.39. The van der Waals surface area contributed by atoms with Crippen molar-refractivity contribution in [3.8, 4) is 11.8 Å². The van der Waals surface area contributed by atoms with Gasteiger partial charge in [-0.1, -0.05) is 0 Å². The van der Waals surface area contributed by atoms with Crippen molar-refractivity contribution in [2.24, 2.45) is 11.8 Å². The Hall–Kier alpha value is -2.10. The number of halogens is 4. The third-order valence-corrected chi connectivity index (χ3v) is 6.08. The number of nitrogens with one attached hydrogen (secondary N) is 1. The first-order valence-corrected chi connectivity index (χ1v) is 10.6. The van der Waals surface area contributed by atoms with Gasteiger partial charge in [0.15, 0.2) is 5.82 Å². The molecule has 1 aliphatic heterocycles. The lowest BCUT2D eigenvalue weighted by Gasteiger charge is -2.29. The lowest BCUT2D eigenvalue weighted by Crippen LogP contribution is -2.41. The van der Waals surface area contributed by atoms with Crippen LogP contribution >= 0.6 is 0 Å². The van der Waals surface area contributed by atoms with Crippen molar-refractivity contribution in [1.82, 2.24) is 15.2 Å². The third kappa shape index (κ3) is 5.99. The molecule has 0 spiro atoms. The minimum atomic E-state index is -4.16. The zero-order chi connectivity index (χ0) is 22.6. The number of likely N-dealkylation sites (N-methyl/N-ethyl adjacent to an activating group) is 1. The van der Waals surface area contributed by atoms with Crippen LogP contribution in [0, 0.1) is 17.7 Å². The van der Waals surface area contributed by atoms with Crippen LogP contribution in [0.2, 0.25) is 0 Å². The van der Waals surface area contributed by atoms with E-state index in [9.17, 15) is 22.4 Å². The van der Waals surface area contributed by atoms with Gasteiger partial charge >= 0.3 is 6.18 Å². The van der Waals surface area contributed by atoms with Gasteiger partial charge in [-0.25, -0.2) is 4.39 Å². The van der Waals surface area contributed by atoms with E-state index in [1.807, 2.05) is 0 Å². The van der Waals surface area contributed by atoms with E-state index in [-0.39, 0.29) is 55.6 Å². The van der Waals surface area contributed by atoms with E-state index in [0.29, 0.717) is 18.4 Å². The van der Waals surface area contributed by atoms with Crippen LogP contribution in [0.15, 0.2) is 6.07 Å². The molecule has 1 atom stereocenters. The number of pyridine rings is 1. The van der Waals surface area contributed by atoms with Crippen molar-refractivity contribution in [3.63, 3.8) is 0 Å².